The van der Waals surface area contributed by atoms with Crippen LogP contribution in [0.1, 0.15) is 64.2 Å². The molecule has 3 aliphatic rings. The SMILES string of the molecule is O=C(NC1CCCCCCC1)C1CCN(C(=O)C2CC(=O)N(c3ccccc3)C2)CC1. The Labute approximate surface area is 185 Å². The summed E-state index contributed by atoms with van der Waals surface area (Å²) in [7, 11) is 0. The maximum Gasteiger partial charge on any atom is 0.228 e. The second kappa shape index (κ2) is 10.3. The lowest BCUT2D eigenvalue weighted by molar-refractivity contribution is -0.139. The maximum absolute atomic E-state index is 13.0. The van der Waals surface area contributed by atoms with E-state index in [0.717, 1.165) is 18.5 Å². The third-order valence-corrected chi connectivity index (χ3v) is 7.17. The minimum absolute atomic E-state index is 0.000479. The summed E-state index contributed by atoms with van der Waals surface area (Å²) in [6, 6.07) is 9.87. The highest BCUT2D eigenvalue weighted by Crippen LogP contribution is 2.28. The molecule has 3 amide bonds. The third-order valence-electron chi connectivity index (χ3n) is 7.17. The Bertz CT molecular complexity index is 765. The van der Waals surface area contributed by atoms with Crippen molar-refractivity contribution in [3.63, 3.8) is 0 Å². The van der Waals surface area contributed by atoms with Crippen LogP contribution in [0.25, 0.3) is 0 Å². The standard InChI is InChI=1S/C25H35N3O3/c29-23-17-20(18-28(23)22-11-7-4-8-12-22)25(31)27-15-13-19(14-16-27)24(30)26-21-9-5-2-1-3-6-10-21/h4,7-8,11-12,19-21H,1-3,5-6,9-10,13-18H2,(H,26,30). The number of nitrogens with one attached hydrogen (secondary N) is 1. The summed E-state index contributed by atoms with van der Waals surface area (Å²) in [5.41, 5.74) is 0.854. The second-order valence-corrected chi connectivity index (χ2v) is 9.39. The zero-order chi connectivity index (χ0) is 21.6. The lowest BCUT2D eigenvalue weighted by Crippen LogP contribution is -2.47. The summed E-state index contributed by atoms with van der Waals surface area (Å²) in [5.74, 6) is -0.0406. The molecule has 0 spiro atoms. The number of hydrogen-bond acceptors (Lipinski definition) is 3. The molecule has 1 aliphatic carbocycles. The highest BCUT2D eigenvalue weighted by molar-refractivity contribution is 6.00. The Hall–Kier alpha value is -2.37. The zero-order valence-corrected chi connectivity index (χ0v) is 18.4. The van der Waals surface area contributed by atoms with Crippen LogP contribution >= 0.6 is 0 Å². The Morgan fingerprint density at radius 3 is 2.16 bits per heavy atom. The van der Waals surface area contributed by atoms with Crippen LogP contribution in [0.5, 0.6) is 0 Å². The van der Waals surface area contributed by atoms with Crippen molar-refractivity contribution in [1.29, 1.82) is 0 Å². The van der Waals surface area contributed by atoms with Crippen molar-refractivity contribution in [2.24, 2.45) is 11.8 Å². The van der Waals surface area contributed by atoms with Gasteiger partial charge in [0.15, 0.2) is 0 Å². The van der Waals surface area contributed by atoms with Gasteiger partial charge in [0.1, 0.15) is 0 Å². The first-order valence-corrected chi connectivity index (χ1v) is 12.1. The highest BCUT2D eigenvalue weighted by atomic mass is 16.2. The molecule has 2 saturated heterocycles. The molecule has 31 heavy (non-hydrogen) atoms. The van der Waals surface area contributed by atoms with Gasteiger partial charge in [0, 0.05) is 43.7 Å². The predicted molar refractivity (Wildman–Crippen MR) is 120 cm³/mol. The first-order valence-electron chi connectivity index (χ1n) is 12.1. The van der Waals surface area contributed by atoms with Gasteiger partial charge < -0.3 is 15.1 Å². The number of carbonyl (C=O) groups excluding carboxylic acids is 3. The van der Waals surface area contributed by atoms with E-state index in [0.29, 0.717) is 38.5 Å². The largest absolute Gasteiger partial charge is 0.353 e. The smallest absolute Gasteiger partial charge is 0.228 e. The van der Waals surface area contributed by atoms with Crippen molar-refractivity contribution >= 4 is 23.4 Å². The quantitative estimate of drug-likeness (QED) is 0.803. The lowest BCUT2D eigenvalue weighted by atomic mass is 9.92. The highest BCUT2D eigenvalue weighted by Gasteiger charge is 2.38. The number of nitrogens with zero attached hydrogens (tertiary/aromatic N) is 2. The Morgan fingerprint density at radius 2 is 1.48 bits per heavy atom. The molecule has 1 aromatic rings. The van der Waals surface area contributed by atoms with Crippen LogP contribution in [0.4, 0.5) is 5.69 Å². The molecular formula is C25H35N3O3. The van der Waals surface area contributed by atoms with Gasteiger partial charge in [-0.1, -0.05) is 50.3 Å². The van der Waals surface area contributed by atoms with Crippen LogP contribution in [-0.2, 0) is 14.4 Å². The fourth-order valence-corrected chi connectivity index (χ4v) is 5.27. The molecule has 1 N–H and O–H groups in total. The van der Waals surface area contributed by atoms with Crippen molar-refractivity contribution in [3.05, 3.63) is 30.3 Å². The van der Waals surface area contributed by atoms with Gasteiger partial charge in [-0.15, -0.1) is 0 Å². The van der Waals surface area contributed by atoms with Gasteiger partial charge in [-0.3, -0.25) is 14.4 Å². The summed E-state index contributed by atoms with van der Waals surface area (Å²) in [5, 5.41) is 3.29. The van der Waals surface area contributed by atoms with E-state index in [1.54, 1.807) is 4.90 Å². The molecule has 0 radical (unpaired) electrons. The number of para-hydroxylation sites is 1. The van der Waals surface area contributed by atoms with Gasteiger partial charge in [-0.25, -0.2) is 0 Å². The number of piperidine rings is 1. The van der Waals surface area contributed by atoms with Gasteiger partial charge >= 0.3 is 0 Å². The summed E-state index contributed by atoms with van der Waals surface area (Å²) < 4.78 is 0. The number of anilines is 1. The van der Waals surface area contributed by atoms with Crippen molar-refractivity contribution in [1.82, 2.24) is 10.2 Å². The van der Waals surface area contributed by atoms with E-state index in [4.69, 9.17) is 0 Å². The topological polar surface area (TPSA) is 69.7 Å². The molecule has 0 bridgehead atoms. The third kappa shape index (κ3) is 5.46. The maximum atomic E-state index is 13.0. The number of rotatable bonds is 4. The first-order chi connectivity index (χ1) is 15.1. The van der Waals surface area contributed by atoms with Crippen LogP contribution < -0.4 is 10.2 Å². The molecule has 6 nitrogen and oxygen atoms in total. The molecular weight excluding hydrogens is 390 g/mol. The van der Waals surface area contributed by atoms with Crippen LogP contribution in [0.15, 0.2) is 30.3 Å². The molecule has 2 heterocycles. The van der Waals surface area contributed by atoms with Gasteiger partial charge in [-0.2, -0.15) is 0 Å². The molecule has 4 rings (SSSR count). The van der Waals surface area contributed by atoms with E-state index in [1.165, 1.54) is 32.1 Å². The van der Waals surface area contributed by atoms with Gasteiger partial charge in [0.25, 0.3) is 0 Å². The Kier molecular flexibility index (Phi) is 7.25. The Balaban J connectivity index is 1.25. The summed E-state index contributed by atoms with van der Waals surface area (Å²) in [6.07, 6.45) is 10.2. The molecule has 1 unspecified atom stereocenters. The van der Waals surface area contributed by atoms with Crippen LogP contribution in [-0.4, -0.2) is 48.3 Å². The van der Waals surface area contributed by atoms with Crippen LogP contribution in [0.3, 0.4) is 0 Å². The summed E-state index contributed by atoms with van der Waals surface area (Å²) >= 11 is 0. The molecule has 6 heteroatoms. The molecule has 1 atom stereocenters. The molecule has 168 valence electrons. The van der Waals surface area contributed by atoms with Crippen molar-refractivity contribution in [2.75, 3.05) is 24.5 Å². The second-order valence-electron chi connectivity index (χ2n) is 9.39. The average molecular weight is 426 g/mol. The minimum Gasteiger partial charge on any atom is -0.353 e. The number of benzene rings is 1. The predicted octanol–water partition coefficient (Wildman–Crippen LogP) is 3.51. The van der Waals surface area contributed by atoms with Crippen molar-refractivity contribution in [2.45, 2.75) is 70.3 Å². The Morgan fingerprint density at radius 1 is 0.839 bits per heavy atom. The van der Waals surface area contributed by atoms with Gasteiger partial charge in [0.2, 0.25) is 17.7 Å². The van der Waals surface area contributed by atoms with Crippen LogP contribution in [0.2, 0.25) is 0 Å². The van der Waals surface area contributed by atoms with Gasteiger partial charge in [-0.05, 0) is 37.8 Å². The monoisotopic (exact) mass is 425 g/mol. The number of hydrogen-bond donors (Lipinski definition) is 1. The van der Waals surface area contributed by atoms with Gasteiger partial charge in [0.05, 0.1) is 5.92 Å². The lowest BCUT2D eigenvalue weighted by Gasteiger charge is -2.33. The average Bonchev–Trinajstić information content (AvgIpc) is 3.17. The van der Waals surface area contributed by atoms with Crippen molar-refractivity contribution in [3.8, 4) is 0 Å². The first kappa shape index (κ1) is 21.8. The van der Waals surface area contributed by atoms with Crippen LogP contribution in [0, 0.1) is 11.8 Å². The molecule has 2 aliphatic heterocycles. The van der Waals surface area contributed by atoms with Crippen molar-refractivity contribution < 1.29 is 14.4 Å². The fourth-order valence-electron chi connectivity index (χ4n) is 5.27. The number of amides is 3. The van der Waals surface area contributed by atoms with E-state index in [-0.39, 0.29) is 36.0 Å². The van der Waals surface area contributed by atoms with E-state index in [9.17, 15) is 14.4 Å². The molecule has 0 aromatic heterocycles. The van der Waals surface area contributed by atoms with E-state index >= 15 is 0 Å². The normalized spacial score (nSPS) is 24.0. The molecule has 1 aromatic carbocycles. The summed E-state index contributed by atoms with van der Waals surface area (Å²) in [6.45, 7) is 1.67. The summed E-state index contributed by atoms with van der Waals surface area (Å²) in [4.78, 5) is 41.8. The van der Waals surface area contributed by atoms with E-state index in [1.807, 2.05) is 35.2 Å². The zero-order valence-electron chi connectivity index (χ0n) is 18.4. The molecule has 3 fully saturated rings. The molecule has 1 saturated carbocycles. The fraction of sp³-hybridized carbons (Fsp3) is 0.640. The van der Waals surface area contributed by atoms with E-state index in [2.05, 4.69) is 5.32 Å². The minimum atomic E-state index is -0.284. The van der Waals surface area contributed by atoms with E-state index < -0.39 is 0 Å². The number of likely N-dealkylation sites (tertiary alicyclic amines) is 1. The number of carbonyl (C=O) groups is 3.